The summed E-state index contributed by atoms with van der Waals surface area (Å²) in [4.78, 5) is 0. The molecule has 0 saturated carbocycles. The van der Waals surface area contributed by atoms with Gasteiger partial charge in [0, 0.05) is 0 Å². The Bertz CT molecular complexity index is 84.3. The molecular formula is C12H24ClHg. The summed E-state index contributed by atoms with van der Waals surface area (Å²) in [5.41, 5.74) is 0. The Morgan fingerprint density at radius 3 is 1.29 bits per heavy atom. The standard InChI is InChI=1S/C12H24Cl.Hg/c1-2-3-4-5-6-7-8-9-10-11-12-13;/h1-12H2;. The normalized spacial score (nSPS) is 10.8. The van der Waals surface area contributed by atoms with Crippen LogP contribution in [0.5, 0.6) is 0 Å². The first kappa shape index (κ1) is 15.2. The van der Waals surface area contributed by atoms with Crippen LogP contribution in [0.2, 0.25) is 3.93 Å². The van der Waals surface area contributed by atoms with Crippen LogP contribution < -0.4 is 0 Å². The summed E-state index contributed by atoms with van der Waals surface area (Å²) in [5.74, 6) is 0.849. The van der Waals surface area contributed by atoms with Gasteiger partial charge in [-0.25, -0.2) is 0 Å². The van der Waals surface area contributed by atoms with Crippen molar-refractivity contribution in [3.63, 3.8) is 0 Å². The number of hydrogen-bond acceptors (Lipinski definition) is 0. The molecule has 0 atom stereocenters. The molecule has 0 aromatic heterocycles. The molecular weight excluding hydrogens is 380 g/mol. The number of hydrogen-bond donors (Lipinski definition) is 0. The molecule has 0 spiro atoms. The van der Waals surface area contributed by atoms with Crippen molar-refractivity contribution in [2.75, 3.05) is 5.88 Å². The van der Waals surface area contributed by atoms with Gasteiger partial charge < -0.3 is 0 Å². The second-order valence-electron chi connectivity index (χ2n) is 4.08. The fourth-order valence-electron chi connectivity index (χ4n) is 1.69. The van der Waals surface area contributed by atoms with Gasteiger partial charge in [-0.05, 0) is 0 Å². The zero-order chi connectivity index (χ0) is 10.5. The molecule has 0 aliphatic rings. The van der Waals surface area contributed by atoms with Crippen LogP contribution in [-0.2, 0) is 26.1 Å². The molecule has 0 aromatic rings. The van der Waals surface area contributed by atoms with E-state index >= 15 is 0 Å². The zero-order valence-electron chi connectivity index (χ0n) is 9.57. The second kappa shape index (κ2) is 14.2. The molecule has 0 aliphatic carbocycles. The van der Waals surface area contributed by atoms with Crippen LogP contribution in [0, 0.1) is 0 Å². The first-order chi connectivity index (χ1) is 6.91. The summed E-state index contributed by atoms with van der Waals surface area (Å²) in [5, 5.41) is 0. The minimum absolute atomic E-state index is 0.849. The van der Waals surface area contributed by atoms with Gasteiger partial charge in [0.15, 0.2) is 0 Å². The molecule has 0 bridgehead atoms. The summed E-state index contributed by atoms with van der Waals surface area (Å²) in [7, 11) is 0. The number of halogens is 1. The van der Waals surface area contributed by atoms with Crippen LogP contribution >= 0.6 is 11.6 Å². The van der Waals surface area contributed by atoms with Gasteiger partial charge in [-0.3, -0.25) is 0 Å². The summed E-state index contributed by atoms with van der Waals surface area (Å²) in [6.07, 6.45) is 14.3. The fraction of sp³-hybridized carbons (Fsp3) is 1.00. The molecule has 81 valence electrons. The van der Waals surface area contributed by atoms with Gasteiger partial charge in [-0.1, -0.05) is 0 Å². The van der Waals surface area contributed by atoms with Gasteiger partial charge in [0.05, 0.1) is 0 Å². The first-order valence-electron chi connectivity index (χ1n) is 6.27. The Morgan fingerprint density at radius 1 is 0.571 bits per heavy atom. The van der Waals surface area contributed by atoms with Crippen LogP contribution in [0.1, 0.15) is 64.2 Å². The predicted octanol–water partition coefficient (Wildman–Crippen LogP) is 5.09. The van der Waals surface area contributed by atoms with Gasteiger partial charge in [0.25, 0.3) is 0 Å². The average Bonchev–Trinajstić information content (AvgIpc) is 2.21. The van der Waals surface area contributed by atoms with E-state index in [0.29, 0.717) is 0 Å². The third-order valence-corrected chi connectivity index (χ3v) is 4.84. The van der Waals surface area contributed by atoms with Crippen molar-refractivity contribution in [2.24, 2.45) is 0 Å². The van der Waals surface area contributed by atoms with Gasteiger partial charge in [-0.2, -0.15) is 0 Å². The SMILES string of the molecule is ClCCCCCCCCCCC[CH2][Hg]. The van der Waals surface area contributed by atoms with Crippen LogP contribution in [0.25, 0.3) is 0 Å². The topological polar surface area (TPSA) is 0 Å². The Balaban J connectivity index is 2.78. The molecule has 0 heterocycles. The molecule has 0 unspecified atom stereocenters. The summed E-state index contributed by atoms with van der Waals surface area (Å²) in [6, 6.07) is 0. The molecule has 0 amide bonds. The number of rotatable bonds is 11. The molecule has 0 radical (unpaired) electrons. The van der Waals surface area contributed by atoms with Crippen LogP contribution in [0.15, 0.2) is 0 Å². The van der Waals surface area contributed by atoms with Gasteiger partial charge in [0.1, 0.15) is 0 Å². The monoisotopic (exact) mass is 405 g/mol. The minimum atomic E-state index is 0.849. The van der Waals surface area contributed by atoms with E-state index in [0.717, 1.165) is 32.0 Å². The van der Waals surface area contributed by atoms with Gasteiger partial charge in [-0.15, -0.1) is 11.6 Å². The van der Waals surface area contributed by atoms with E-state index in [2.05, 4.69) is 0 Å². The first-order valence-corrected chi connectivity index (χ1v) is 10.7. The van der Waals surface area contributed by atoms with Crippen LogP contribution in [0.3, 0.4) is 0 Å². The van der Waals surface area contributed by atoms with Crippen LogP contribution in [-0.4, -0.2) is 5.88 Å². The van der Waals surface area contributed by atoms with Crippen molar-refractivity contribution >= 4 is 11.6 Å². The van der Waals surface area contributed by atoms with Crippen molar-refractivity contribution in [1.82, 2.24) is 0 Å². The van der Waals surface area contributed by atoms with Crippen molar-refractivity contribution in [3.05, 3.63) is 0 Å². The molecule has 0 N–H and O–H groups in total. The maximum absolute atomic E-state index is 5.62. The predicted molar refractivity (Wildman–Crippen MR) is 61.7 cm³/mol. The molecule has 0 saturated heterocycles. The number of unbranched alkanes of at least 4 members (excludes halogenated alkanes) is 9. The number of alkyl halides is 1. The summed E-state index contributed by atoms with van der Waals surface area (Å²) < 4.78 is 1.55. The van der Waals surface area contributed by atoms with E-state index in [1.54, 1.807) is 3.93 Å². The molecule has 0 aromatic carbocycles. The van der Waals surface area contributed by atoms with Crippen LogP contribution in [0.4, 0.5) is 0 Å². The Hall–Kier alpha value is 1.23. The summed E-state index contributed by atoms with van der Waals surface area (Å²) in [6.45, 7) is 0. The maximum atomic E-state index is 5.62. The second-order valence-corrected chi connectivity index (χ2v) is 7.20. The van der Waals surface area contributed by atoms with Crippen molar-refractivity contribution in [1.29, 1.82) is 0 Å². The summed E-state index contributed by atoms with van der Waals surface area (Å²) >= 11 is 6.67. The average molecular weight is 404 g/mol. The van der Waals surface area contributed by atoms with Gasteiger partial charge >= 0.3 is 100 Å². The molecule has 0 aliphatic heterocycles. The molecule has 2 heteroatoms. The van der Waals surface area contributed by atoms with E-state index in [-0.39, 0.29) is 0 Å². The van der Waals surface area contributed by atoms with Crippen molar-refractivity contribution < 1.29 is 26.1 Å². The van der Waals surface area contributed by atoms with E-state index in [9.17, 15) is 0 Å². The third kappa shape index (κ3) is 13.2. The molecule has 0 fully saturated rings. The van der Waals surface area contributed by atoms with Crippen molar-refractivity contribution in [3.8, 4) is 0 Å². The molecule has 0 nitrogen and oxygen atoms in total. The molecule has 0 rings (SSSR count). The zero-order valence-corrected chi connectivity index (χ0v) is 15.8. The third-order valence-electron chi connectivity index (χ3n) is 2.63. The van der Waals surface area contributed by atoms with Crippen molar-refractivity contribution in [2.45, 2.75) is 68.1 Å². The Labute approximate surface area is 111 Å². The van der Waals surface area contributed by atoms with E-state index in [1.165, 1.54) is 64.2 Å². The van der Waals surface area contributed by atoms with Gasteiger partial charge in [0.2, 0.25) is 0 Å². The Morgan fingerprint density at radius 2 is 0.929 bits per heavy atom. The molecule has 14 heavy (non-hydrogen) atoms. The van der Waals surface area contributed by atoms with E-state index in [1.807, 2.05) is 0 Å². The van der Waals surface area contributed by atoms with E-state index < -0.39 is 0 Å². The quantitative estimate of drug-likeness (QED) is 0.256. The fourth-order valence-corrected chi connectivity index (χ4v) is 3.25. The van der Waals surface area contributed by atoms with E-state index in [4.69, 9.17) is 11.6 Å². The Kier molecular flexibility index (Phi) is 15.5.